The molecule has 0 radical (unpaired) electrons. The maximum absolute atomic E-state index is 13.0. The minimum atomic E-state index is -0.677. The summed E-state index contributed by atoms with van der Waals surface area (Å²) in [6, 6.07) is 4.87. The van der Waals surface area contributed by atoms with Crippen LogP contribution in [-0.2, 0) is 30.2 Å². The van der Waals surface area contributed by atoms with Crippen LogP contribution < -0.4 is 16.6 Å². The molecule has 0 aliphatic heterocycles. The highest BCUT2D eigenvalue weighted by atomic mass is 35.5. The number of carbonyl (C=O) groups excluding carboxylic acids is 1. The number of nitrogens with one attached hydrogen (secondary N) is 1. The molecular formula is C22H23Cl2N7O5. The molecule has 1 N–H and O–H groups in total. The average Bonchev–Trinajstić information content (AvgIpc) is 3.41. The maximum atomic E-state index is 13.0. The van der Waals surface area contributed by atoms with Gasteiger partial charge < -0.3 is 14.5 Å². The van der Waals surface area contributed by atoms with Gasteiger partial charge in [-0.05, 0) is 39.0 Å². The summed E-state index contributed by atoms with van der Waals surface area (Å²) in [6.07, 6.45) is 0. The fourth-order valence-corrected chi connectivity index (χ4v) is 3.76. The number of fused-ring (bicyclic) bond motifs is 1. The molecule has 190 valence electrons. The molecule has 14 heteroatoms. The molecule has 12 nitrogen and oxygen atoms in total. The average molecular weight is 536 g/mol. The largest absolute Gasteiger partial charge is 0.459 e. The molecule has 4 rings (SSSR count). The van der Waals surface area contributed by atoms with E-state index in [0.29, 0.717) is 15.6 Å². The van der Waals surface area contributed by atoms with Gasteiger partial charge in [0.1, 0.15) is 18.7 Å². The number of halogens is 2. The monoisotopic (exact) mass is 535 g/mol. The smallest absolute Gasteiger partial charge is 0.332 e. The van der Waals surface area contributed by atoms with Gasteiger partial charge >= 0.3 is 11.7 Å². The standard InChI is InChI=1S/C22H23Cl2N7O5/c1-22(2,3)36-15(32)9-25-20-26-17-16(19(33)30(5)21(34)29(17)4)31(20)10-14-27-28-18(35-14)11-6-7-12(23)13(24)8-11/h6-8H,9-10H2,1-5H3,(H,25,26). The third-order valence-corrected chi connectivity index (χ3v) is 5.82. The zero-order valence-corrected chi connectivity index (χ0v) is 21.6. The molecule has 0 aliphatic rings. The summed E-state index contributed by atoms with van der Waals surface area (Å²) < 4.78 is 14.8. The van der Waals surface area contributed by atoms with Crippen LogP contribution in [0.25, 0.3) is 22.6 Å². The maximum Gasteiger partial charge on any atom is 0.332 e. The summed E-state index contributed by atoms with van der Waals surface area (Å²) in [5, 5.41) is 11.7. The second-order valence-corrected chi connectivity index (χ2v) is 9.78. The Hall–Kier alpha value is -3.64. The Morgan fingerprint density at radius 1 is 1.11 bits per heavy atom. The molecule has 0 bridgehead atoms. The number of hydrogen-bond acceptors (Lipinski definition) is 9. The van der Waals surface area contributed by atoms with Gasteiger partial charge in [0.05, 0.1) is 10.0 Å². The number of imidazole rings is 1. The van der Waals surface area contributed by atoms with Gasteiger partial charge in [-0.15, -0.1) is 10.2 Å². The zero-order chi connectivity index (χ0) is 26.4. The summed E-state index contributed by atoms with van der Waals surface area (Å²) in [6.45, 7) is 4.95. The number of nitrogens with zero attached hydrogens (tertiary/aromatic N) is 6. The lowest BCUT2D eigenvalue weighted by Crippen LogP contribution is -2.37. The van der Waals surface area contributed by atoms with Crippen molar-refractivity contribution in [3.05, 3.63) is 55.0 Å². The van der Waals surface area contributed by atoms with Crippen molar-refractivity contribution < 1.29 is 13.9 Å². The van der Waals surface area contributed by atoms with Gasteiger partial charge in [0, 0.05) is 19.7 Å². The number of esters is 1. The highest BCUT2D eigenvalue weighted by molar-refractivity contribution is 6.42. The van der Waals surface area contributed by atoms with E-state index in [1.807, 2.05) is 0 Å². The van der Waals surface area contributed by atoms with Crippen LogP contribution in [0, 0.1) is 0 Å². The van der Waals surface area contributed by atoms with Crippen molar-refractivity contribution in [1.82, 2.24) is 28.9 Å². The van der Waals surface area contributed by atoms with Gasteiger partial charge in [0.25, 0.3) is 5.56 Å². The molecule has 0 aliphatic carbocycles. The van der Waals surface area contributed by atoms with E-state index in [1.165, 1.54) is 23.2 Å². The summed E-state index contributed by atoms with van der Waals surface area (Å²) in [5.74, 6) is -0.0470. The van der Waals surface area contributed by atoms with E-state index in [2.05, 4.69) is 20.5 Å². The molecule has 0 saturated heterocycles. The molecule has 0 amide bonds. The zero-order valence-electron chi connectivity index (χ0n) is 20.1. The van der Waals surface area contributed by atoms with E-state index >= 15 is 0 Å². The van der Waals surface area contributed by atoms with Crippen molar-refractivity contribution in [2.75, 3.05) is 11.9 Å². The number of carbonyl (C=O) groups is 1. The minimum absolute atomic E-state index is 0.0745. The van der Waals surface area contributed by atoms with Crippen molar-refractivity contribution in [1.29, 1.82) is 0 Å². The summed E-state index contributed by atoms with van der Waals surface area (Å²) in [5.41, 5.74) is -1.01. The number of rotatable bonds is 6. The molecular weight excluding hydrogens is 513 g/mol. The van der Waals surface area contributed by atoms with E-state index in [-0.39, 0.29) is 42.0 Å². The molecule has 36 heavy (non-hydrogen) atoms. The number of hydrogen-bond donors (Lipinski definition) is 1. The molecule has 0 fully saturated rings. The van der Waals surface area contributed by atoms with E-state index in [4.69, 9.17) is 32.4 Å². The Morgan fingerprint density at radius 2 is 1.83 bits per heavy atom. The van der Waals surface area contributed by atoms with Crippen LogP contribution in [0.4, 0.5) is 5.95 Å². The number of aromatic nitrogens is 6. The van der Waals surface area contributed by atoms with E-state index in [0.717, 1.165) is 4.57 Å². The second-order valence-electron chi connectivity index (χ2n) is 8.97. The SMILES string of the molecule is Cn1c(=O)c2c(nc(NCC(=O)OC(C)(C)C)n2Cc2nnc(-c3ccc(Cl)c(Cl)c3)o2)n(C)c1=O. The van der Waals surface area contributed by atoms with Gasteiger partial charge in [-0.2, -0.15) is 4.98 Å². The highest BCUT2D eigenvalue weighted by Gasteiger charge is 2.23. The van der Waals surface area contributed by atoms with Crippen LogP contribution in [0.5, 0.6) is 0 Å². The van der Waals surface area contributed by atoms with Gasteiger partial charge in [-0.3, -0.25) is 23.3 Å². The van der Waals surface area contributed by atoms with Gasteiger partial charge in [0.15, 0.2) is 11.2 Å². The normalized spacial score (nSPS) is 11.8. The van der Waals surface area contributed by atoms with Crippen molar-refractivity contribution in [3.8, 4) is 11.5 Å². The number of ether oxygens (including phenoxy) is 1. The van der Waals surface area contributed by atoms with Crippen molar-refractivity contribution >= 4 is 46.3 Å². The first kappa shape index (κ1) is 25.5. The first-order valence-electron chi connectivity index (χ1n) is 10.8. The van der Waals surface area contributed by atoms with Crippen LogP contribution in [0.3, 0.4) is 0 Å². The third-order valence-electron chi connectivity index (χ3n) is 5.09. The van der Waals surface area contributed by atoms with Crippen LogP contribution in [0.1, 0.15) is 26.7 Å². The van der Waals surface area contributed by atoms with Crippen molar-refractivity contribution in [2.24, 2.45) is 14.1 Å². The Balaban J connectivity index is 1.75. The van der Waals surface area contributed by atoms with Crippen LogP contribution >= 0.6 is 23.2 Å². The Bertz CT molecular complexity index is 1590. The lowest BCUT2D eigenvalue weighted by atomic mass is 10.2. The molecule has 0 atom stereocenters. The second kappa shape index (κ2) is 9.43. The van der Waals surface area contributed by atoms with Gasteiger partial charge in [-0.1, -0.05) is 23.2 Å². The number of benzene rings is 1. The Kier molecular flexibility index (Phi) is 6.67. The lowest BCUT2D eigenvalue weighted by Gasteiger charge is -2.19. The molecule has 3 heterocycles. The molecule has 0 spiro atoms. The topological polar surface area (TPSA) is 139 Å². The molecule has 0 unspecified atom stereocenters. The highest BCUT2D eigenvalue weighted by Crippen LogP contribution is 2.28. The van der Waals surface area contributed by atoms with Gasteiger partial charge in [-0.25, -0.2) is 4.79 Å². The van der Waals surface area contributed by atoms with Crippen LogP contribution in [-0.4, -0.2) is 47.0 Å². The van der Waals surface area contributed by atoms with Crippen LogP contribution in [0.2, 0.25) is 10.0 Å². The summed E-state index contributed by atoms with van der Waals surface area (Å²) in [4.78, 5) is 42.1. The fourth-order valence-electron chi connectivity index (χ4n) is 3.46. The summed E-state index contributed by atoms with van der Waals surface area (Å²) in [7, 11) is 2.86. The van der Waals surface area contributed by atoms with Gasteiger partial charge in [0.2, 0.25) is 17.7 Å². The van der Waals surface area contributed by atoms with Crippen molar-refractivity contribution in [2.45, 2.75) is 32.9 Å². The predicted octanol–water partition coefficient (Wildman–Crippen LogP) is 2.59. The fraction of sp³-hybridized carbons (Fsp3) is 0.364. The number of aryl methyl sites for hydroxylation is 1. The van der Waals surface area contributed by atoms with E-state index < -0.39 is 22.8 Å². The third kappa shape index (κ3) is 5.00. The first-order chi connectivity index (χ1) is 16.9. The first-order valence-corrected chi connectivity index (χ1v) is 11.5. The van der Waals surface area contributed by atoms with Crippen molar-refractivity contribution in [3.63, 3.8) is 0 Å². The quantitative estimate of drug-likeness (QED) is 0.369. The van der Waals surface area contributed by atoms with E-state index in [9.17, 15) is 14.4 Å². The Labute approximate surface area is 214 Å². The minimum Gasteiger partial charge on any atom is -0.459 e. The summed E-state index contributed by atoms with van der Waals surface area (Å²) >= 11 is 12.1. The molecule has 0 saturated carbocycles. The number of anilines is 1. The molecule has 1 aromatic carbocycles. The van der Waals surface area contributed by atoms with E-state index in [1.54, 1.807) is 39.0 Å². The predicted molar refractivity (Wildman–Crippen MR) is 133 cm³/mol. The lowest BCUT2D eigenvalue weighted by molar-refractivity contribution is -0.152. The Morgan fingerprint density at radius 3 is 2.50 bits per heavy atom. The molecule has 3 aromatic heterocycles. The van der Waals surface area contributed by atoms with Crippen LogP contribution in [0.15, 0.2) is 32.2 Å². The molecule has 4 aromatic rings.